The lowest BCUT2D eigenvalue weighted by Gasteiger charge is -2.16. The van der Waals surface area contributed by atoms with Gasteiger partial charge in [-0.25, -0.2) is 0 Å². The van der Waals surface area contributed by atoms with Gasteiger partial charge in [-0.15, -0.1) is 0 Å². The summed E-state index contributed by atoms with van der Waals surface area (Å²) in [6, 6.07) is 3.28. The largest absolute Gasteiger partial charge is 0.433 e. The van der Waals surface area contributed by atoms with Gasteiger partial charge in [0.2, 0.25) is 0 Å². The summed E-state index contributed by atoms with van der Waals surface area (Å²) in [6.07, 6.45) is 7.56. The molecule has 0 unspecified atom stereocenters. The molecule has 1 aromatic rings. The Hall–Kier alpha value is -1.65. The van der Waals surface area contributed by atoms with Gasteiger partial charge in [0.15, 0.2) is 5.76 Å². The minimum absolute atomic E-state index is 0.231. The Morgan fingerprint density at radius 2 is 2.12 bits per heavy atom. The van der Waals surface area contributed by atoms with Crippen molar-refractivity contribution in [1.82, 2.24) is 0 Å². The van der Waals surface area contributed by atoms with Crippen molar-refractivity contribution in [2.75, 3.05) is 0 Å². The molecule has 0 bridgehead atoms. The number of rotatable bonds is 3. The molecule has 0 spiro atoms. The molecule has 0 atom stereocenters. The quantitative estimate of drug-likeness (QED) is 0.448. The average Bonchev–Trinajstić information content (AvgIpc) is 2.76. The van der Waals surface area contributed by atoms with E-state index in [-0.39, 0.29) is 5.88 Å². The Kier molecular flexibility index (Phi) is 3.34. The third kappa shape index (κ3) is 2.68. The van der Waals surface area contributed by atoms with Crippen LogP contribution in [0, 0.1) is 10.1 Å². The fraction of sp³-hybridized carbons (Fsp3) is 0.545. The van der Waals surface area contributed by atoms with Crippen LogP contribution in [0.1, 0.15) is 37.9 Å². The fourth-order valence-electron chi connectivity index (χ4n) is 1.92. The lowest BCUT2D eigenvalue weighted by atomic mass is 9.96. The van der Waals surface area contributed by atoms with Gasteiger partial charge in [0, 0.05) is 0 Å². The Morgan fingerprint density at radius 1 is 1.38 bits per heavy atom. The molecule has 0 amide bonds. The van der Waals surface area contributed by atoms with Crippen LogP contribution < -0.4 is 0 Å². The molecule has 0 saturated heterocycles. The van der Waals surface area contributed by atoms with Gasteiger partial charge in [-0.2, -0.15) is 0 Å². The van der Waals surface area contributed by atoms with Crippen molar-refractivity contribution >= 4 is 12.1 Å². The number of furan rings is 1. The van der Waals surface area contributed by atoms with Crippen LogP contribution in [0.25, 0.3) is 0 Å². The summed E-state index contributed by atoms with van der Waals surface area (Å²) in [5.41, 5.74) is 0. The second kappa shape index (κ2) is 4.92. The van der Waals surface area contributed by atoms with Gasteiger partial charge in [0.25, 0.3) is 0 Å². The summed E-state index contributed by atoms with van der Waals surface area (Å²) in [4.78, 5) is 14.2. The molecule has 16 heavy (non-hydrogen) atoms. The molecule has 0 aliphatic heterocycles. The zero-order chi connectivity index (χ0) is 11.4. The van der Waals surface area contributed by atoms with Crippen molar-refractivity contribution < 1.29 is 9.34 Å². The van der Waals surface area contributed by atoms with Gasteiger partial charge in [-0.05, 0) is 18.9 Å². The zero-order valence-electron chi connectivity index (χ0n) is 8.96. The van der Waals surface area contributed by atoms with Crippen molar-refractivity contribution in [1.29, 1.82) is 0 Å². The Labute approximate surface area is 93.3 Å². The molecule has 0 N–H and O–H groups in total. The Morgan fingerprint density at radius 3 is 2.75 bits per heavy atom. The predicted octanol–water partition coefficient (Wildman–Crippen LogP) is 2.94. The standard InChI is InChI=1S/C11H14N2O3/c14-13(15)11-7-6-10(16-11)8-12-9-4-2-1-3-5-9/h6-9H,1-5H2. The van der Waals surface area contributed by atoms with Crippen molar-refractivity contribution in [3.8, 4) is 0 Å². The van der Waals surface area contributed by atoms with Crippen LogP contribution in [0.4, 0.5) is 5.88 Å². The fourth-order valence-corrected chi connectivity index (χ4v) is 1.92. The first-order valence-corrected chi connectivity index (χ1v) is 5.53. The first-order valence-electron chi connectivity index (χ1n) is 5.53. The molecule has 0 radical (unpaired) electrons. The van der Waals surface area contributed by atoms with E-state index < -0.39 is 4.92 Å². The SMILES string of the molecule is O=[N+]([O-])c1ccc(C=NC2CCCCC2)o1. The summed E-state index contributed by atoms with van der Waals surface area (Å²) in [7, 11) is 0. The summed E-state index contributed by atoms with van der Waals surface area (Å²) in [5, 5.41) is 10.4. The highest BCUT2D eigenvalue weighted by atomic mass is 16.6. The number of nitrogens with zero attached hydrogens (tertiary/aromatic N) is 2. The maximum atomic E-state index is 10.4. The van der Waals surface area contributed by atoms with Gasteiger partial charge in [-0.1, -0.05) is 19.3 Å². The molecule has 1 aliphatic carbocycles. The smallest absolute Gasteiger partial charge is 0.400 e. The molecule has 1 saturated carbocycles. The van der Waals surface area contributed by atoms with E-state index in [0.29, 0.717) is 11.8 Å². The summed E-state index contributed by atoms with van der Waals surface area (Å²) < 4.78 is 4.99. The van der Waals surface area contributed by atoms with Crippen molar-refractivity contribution in [3.05, 3.63) is 28.0 Å². The lowest BCUT2D eigenvalue weighted by Crippen LogP contribution is -2.09. The average molecular weight is 222 g/mol. The van der Waals surface area contributed by atoms with Gasteiger partial charge in [0.05, 0.1) is 18.3 Å². The van der Waals surface area contributed by atoms with E-state index >= 15 is 0 Å². The van der Waals surface area contributed by atoms with Gasteiger partial charge in [0.1, 0.15) is 4.92 Å². The first-order chi connectivity index (χ1) is 7.75. The van der Waals surface area contributed by atoms with Crippen LogP contribution in [-0.4, -0.2) is 17.2 Å². The molecule has 0 aromatic carbocycles. The van der Waals surface area contributed by atoms with E-state index in [0.717, 1.165) is 12.8 Å². The van der Waals surface area contributed by atoms with Crippen molar-refractivity contribution in [2.45, 2.75) is 38.1 Å². The maximum absolute atomic E-state index is 10.4. The molecule has 5 nitrogen and oxygen atoms in total. The van der Waals surface area contributed by atoms with Crippen LogP contribution in [0.5, 0.6) is 0 Å². The minimum Gasteiger partial charge on any atom is -0.400 e. The summed E-state index contributed by atoms with van der Waals surface area (Å²) in [5.74, 6) is 0.224. The third-order valence-corrected chi connectivity index (χ3v) is 2.78. The zero-order valence-corrected chi connectivity index (χ0v) is 8.96. The highest BCUT2D eigenvalue weighted by molar-refractivity contribution is 5.76. The van der Waals surface area contributed by atoms with Crippen LogP contribution in [-0.2, 0) is 0 Å². The number of hydrogen-bond acceptors (Lipinski definition) is 4. The van der Waals surface area contributed by atoms with Crippen molar-refractivity contribution in [3.63, 3.8) is 0 Å². The van der Waals surface area contributed by atoms with E-state index in [1.165, 1.54) is 25.3 Å². The van der Waals surface area contributed by atoms with Gasteiger partial charge < -0.3 is 4.42 Å². The van der Waals surface area contributed by atoms with Gasteiger partial charge in [-0.3, -0.25) is 15.1 Å². The molecule has 1 aliphatic rings. The number of hydrogen-bond donors (Lipinski definition) is 0. The highest BCUT2D eigenvalue weighted by Gasteiger charge is 2.13. The normalized spacial score (nSPS) is 18.0. The van der Waals surface area contributed by atoms with E-state index in [1.54, 1.807) is 12.3 Å². The molecular formula is C11H14N2O3. The Bertz CT molecular complexity index is 392. The molecule has 86 valence electrons. The summed E-state index contributed by atoms with van der Waals surface area (Å²) in [6.45, 7) is 0. The molecule has 1 fully saturated rings. The van der Waals surface area contributed by atoms with E-state index in [4.69, 9.17) is 4.42 Å². The van der Waals surface area contributed by atoms with E-state index in [1.807, 2.05) is 0 Å². The Balaban J connectivity index is 1.96. The third-order valence-electron chi connectivity index (χ3n) is 2.78. The number of nitro groups is 1. The summed E-state index contributed by atoms with van der Waals surface area (Å²) >= 11 is 0. The van der Waals surface area contributed by atoms with E-state index in [9.17, 15) is 10.1 Å². The van der Waals surface area contributed by atoms with Gasteiger partial charge >= 0.3 is 5.88 Å². The number of aliphatic imine (C=N–C) groups is 1. The molecular weight excluding hydrogens is 208 g/mol. The van der Waals surface area contributed by atoms with Crippen molar-refractivity contribution in [2.24, 2.45) is 4.99 Å². The molecule has 1 aromatic heterocycles. The monoisotopic (exact) mass is 222 g/mol. The van der Waals surface area contributed by atoms with Crippen LogP contribution in [0.15, 0.2) is 21.5 Å². The van der Waals surface area contributed by atoms with Crippen LogP contribution in [0.3, 0.4) is 0 Å². The second-order valence-corrected chi connectivity index (χ2v) is 4.00. The molecule has 1 heterocycles. The van der Waals surface area contributed by atoms with Crippen LogP contribution >= 0.6 is 0 Å². The highest BCUT2D eigenvalue weighted by Crippen LogP contribution is 2.20. The topological polar surface area (TPSA) is 68.6 Å². The predicted molar refractivity (Wildman–Crippen MR) is 59.8 cm³/mol. The maximum Gasteiger partial charge on any atom is 0.433 e. The van der Waals surface area contributed by atoms with Crippen LogP contribution in [0.2, 0.25) is 0 Å². The molecule has 2 rings (SSSR count). The molecule has 5 heteroatoms. The lowest BCUT2D eigenvalue weighted by molar-refractivity contribution is -0.402. The second-order valence-electron chi connectivity index (χ2n) is 4.00. The van der Waals surface area contributed by atoms with E-state index in [2.05, 4.69) is 4.99 Å². The minimum atomic E-state index is -0.544. The first kappa shape index (κ1) is 10.9.